The Hall–Kier alpha value is -2.31. The van der Waals surface area contributed by atoms with Gasteiger partial charge in [0.15, 0.2) is 5.82 Å². The van der Waals surface area contributed by atoms with Crippen molar-refractivity contribution in [3.63, 3.8) is 0 Å². The number of pyridine rings is 1. The standard InChI is InChI=1S/C8H7N5O2/c1-15-8(14)5-2-3-6(9-4-5)7-10-12-13-11-7/h2-4H,1H3,(H,10,11,12,13). The van der Waals surface area contributed by atoms with E-state index in [2.05, 4.69) is 30.3 Å². The molecular weight excluding hydrogens is 198 g/mol. The Morgan fingerprint density at radius 1 is 1.47 bits per heavy atom. The first-order valence-electron chi connectivity index (χ1n) is 4.09. The molecule has 0 aromatic carbocycles. The molecule has 2 aromatic rings. The lowest BCUT2D eigenvalue weighted by molar-refractivity contribution is 0.0600. The average Bonchev–Trinajstić information content (AvgIpc) is 2.82. The second-order valence-electron chi connectivity index (χ2n) is 2.67. The van der Waals surface area contributed by atoms with Gasteiger partial charge in [0.25, 0.3) is 0 Å². The number of methoxy groups -OCH3 is 1. The molecule has 2 rings (SSSR count). The number of carbonyl (C=O) groups excluding carboxylic acids is 1. The molecule has 1 N–H and O–H groups in total. The summed E-state index contributed by atoms with van der Waals surface area (Å²) in [6.45, 7) is 0. The highest BCUT2D eigenvalue weighted by Crippen LogP contribution is 2.10. The number of esters is 1. The molecule has 0 aliphatic carbocycles. The fourth-order valence-electron chi connectivity index (χ4n) is 1.04. The quantitative estimate of drug-likeness (QED) is 0.696. The molecule has 2 aromatic heterocycles. The third kappa shape index (κ3) is 1.80. The number of nitrogens with one attached hydrogen (secondary N) is 1. The molecule has 0 aliphatic rings. The number of carbonyl (C=O) groups is 1. The molecule has 0 radical (unpaired) electrons. The summed E-state index contributed by atoms with van der Waals surface area (Å²) in [6.07, 6.45) is 1.41. The zero-order valence-electron chi connectivity index (χ0n) is 7.84. The molecular formula is C8H7N5O2. The first kappa shape index (κ1) is 9.25. The van der Waals surface area contributed by atoms with Crippen LogP contribution in [0.2, 0.25) is 0 Å². The van der Waals surface area contributed by atoms with E-state index in [0.717, 1.165) is 0 Å². The maximum atomic E-state index is 11.1. The summed E-state index contributed by atoms with van der Waals surface area (Å²) in [5.41, 5.74) is 0.946. The SMILES string of the molecule is COC(=O)c1ccc(-c2nnn[nH]2)nc1. The Balaban J connectivity index is 2.29. The van der Waals surface area contributed by atoms with E-state index in [1.54, 1.807) is 12.1 Å². The third-order valence-corrected chi connectivity index (χ3v) is 1.77. The summed E-state index contributed by atoms with van der Waals surface area (Å²) in [7, 11) is 1.32. The van der Waals surface area contributed by atoms with Crippen molar-refractivity contribution >= 4 is 5.97 Å². The van der Waals surface area contributed by atoms with Crippen LogP contribution in [-0.2, 0) is 4.74 Å². The van der Waals surface area contributed by atoms with E-state index in [-0.39, 0.29) is 0 Å². The van der Waals surface area contributed by atoms with Crippen LogP contribution in [0.15, 0.2) is 18.3 Å². The first-order chi connectivity index (χ1) is 7.31. The van der Waals surface area contributed by atoms with Crippen molar-refractivity contribution in [1.29, 1.82) is 0 Å². The number of H-pyrrole nitrogens is 1. The molecule has 7 nitrogen and oxygen atoms in total. The first-order valence-corrected chi connectivity index (χ1v) is 4.09. The largest absolute Gasteiger partial charge is 0.465 e. The predicted molar refractivity (Wildman–Crippen MR) is 48.7 cm³/mol. The Labute approximate surface area is 84.5 Å². The maximum absolute atomic E-state index is 11.1. The topological polar surface area (TPSA) is 93.6 Å². The van der Waals surface area contributed by atoms with E-state index in [4.69, 9.17) is 0 Å². The number of nitrogens with zero attached hydrogens (tertiary/aromatic N) is 4. The number of tetrazole rings is 1. The van der Waals surface area contributed by atoms with E-state index in [9.17, 15) is 4.79 Å². The Bertz CT molecular complexity index is 450. The van der Waals surface area contributed by atoms with Crippen molar-refractivity contribution in [2.45, 2.75) is 0 Å². The van der Waals surface area contributed by atoms with Crippen LogP contribution < -0.4 is 0 Å². The van der Waals surface area contributed by atoms with Gasteiger partial charge in [0.2, 0.25) is 0 Å². The van der Waals surface area contributed by atoms with Gasteiger partial charge in [-0.1, -0.05) is 0 Å². The number of hydrogen-bond acceptors (Lipinski definition) is 6. The molecule has 2 heterocycles. The van der Waals surface area contributed by atoms with Gasteiger partial charge >= 0.3 is 5.97 Å². The average molecular weight is 205 g/mol. The van der Waals surface area contributed by atoms with Crippen LogP contribution in [0.5, 0.6) is 0 Å². The highest BCUT2D eigenvalue weighted by atomic mass is 16.5. The van der Waals surface area contributed by atoms with Gasteiger partial charge < -0.3 is 4.74 Å². The normalized spacial score (nSPS) is 9.93. The number of aromatic nitrogens is 5. The molecule has 0 unspecified atom stereocenters. The molecule has 0 saturated carbocycles. The van der Waals surface area contributed by atoms with Crippen LogP contribution in [0.3, 0.4) is 0 Å². The van der Waals surface area contributed by atoms with Crippen molar-refractivity contribution in [1.82, 2.24) is 25.6 Å². The lowest BCUT2D eigenvalue weighted by Crippen LogP contribution is -2.01. The molecule has 0 saturated heterocycles. The second kappa shape index (κ2) is 3.82. The van der Waals surface area contributed by atoms with Gasteiger partial charge in [0.05, 0.1) is 12.7 Å². The van der Waals surface area contributed by atoms with Crippen LogP contribution in [0.1, 0.15) is 10.4 Å². The maximum Gasteiger partial charge on any atom is 0.339 e. The van der Waals surface area contributed by atoms with E-state index < -0.39 is 5.97 Å². The molecule has 0 aliphatic heterocycles. The highest BCUT2D eigenvalue weighted by Gasteiger charge is 2.07. The van der Waals surface area contributed by atoms with E-state index >= 15 is 0 Å². The summed E-state index contributed by atoms with van der Waals surface area (Å²) >= 11 is 0. The number of aromatic amines is 1. The highest BCUT2D eigenvalue weighted by molar-refractivity contribution is 5.89. The predicted octanol–water partition coefficient (Wildman–Crippen LogP) is 0.0483. The van der Waals surface area contributed by atoms with Gasteiger partial charge in [-0.15, -0.1) is 5.10 Å². The van der Waals surface area contributed by atoms with E-state index in [1.807, 2.05) is 0 Å². The van der Waals surface area contributed by atoms with Crippen LogP contribution >= 0.6 is 0 Å². The number of ether oxygens (including phenoxy) is 1. The zero-order valence-corrected chi connectivity index (χ0v) is 7.84. The third-order valence-electron chi connectivity index (χ3n) is 1.77. The van der Waals surface area contributed by atoms with Gasteiger partial charge in [-0.2, -0.15) is 0 Å². The summed E-state index contributed by atoms with van der Waals surface area (Å²) in [4.78, 5) is 15.1. The van der Waals surface area contributed by atoms with Crippen molar-refractivity contribution in [2.24, 2.45) is 0 Å². The van der Waals surface area contributed by atoms with Crippen molar-refractivity contribution in [3.05, 3.63) is 23.9 Å². The van der Waals surface area contributed by atoms with Crippen molar-refractivity contribution in [2.75, 3.05) is 7.11 Å². The van der Waals surface area contributed by atoms with Crippen molar-refractivity contribution < 1.29 is 9.53 Å². The lowest BCUT2D eigenvalue weighted by atomic mass is 10.2. The van der Waals surface area contributed by atoms with Crippen LogP contribution in [0, 0.1) is 0 Å². The monoisotopic (exact) mass is 205 g/mol. The second-order valence-corrected chi connectivity index (χ2v) is 2.67. The molecule has 7 heteroatoms. The van der Waals surface area contributed by atoms with Gasteiger partial charge in [-0.3, -0.25) is 4.98 Å². The summed E-state index contributed by atoms with van der Waals surface area (Å²) in [5, 5.41) is 13.1. The van der Waals surface area contributed by atoms with Crippen LogP contribution in [0.4, 0.5) is 0 Å². The minimum Gasteiger partial charge on any atom is -0.465 e. The van der Waals surface area contributed by atoms with Gasteiger partial charge in [0.1, 0.15) is 5.69 Å². The molecule has 0 spiro atoms. The Morgan fingerprint density at radius 2 is 2.33 bits per heavy atom. The molecule has 0 bridgehead atoms. The van der Waals surface area contributed by atoms with Crippen LogP contribution in [-0.4, -0.2) is 38.7 Å². The zero-order chi connectivity index (χ0) is 10.7. The molecule has 0 atom stereocenters. The van der Waals surface area contributed by atoms with Gasteiger partial charge in [0, 0.05) is 6.20 Å². The van der Waals surface area contributed by atoms with E-state index in [0.29, 0.717) is 17.1 Å². The molecule has 0 amide bonds. The van der Waals surface area contributed by atoms with E-state index in [1.165, 1.54) is 13.3 Å². The fourth-order valence-corrected chi connectivity index (χ4v) is 1.04. The van der Waals surface area contributed by atoms with Gasteiger partial charge in [-0.25, -0.2) is 9.89 Å². The summed E-state index contributed by atoms with van der Waals surface area (Å²) in [5.74, 6) is 0.0242. The smallest absolute Gasteiger partial charge is 0.339 e. The number of hydrogen-bond donors (Lipinski definition) is 1. The minimum atomic E-state index is -0.426. The summed E-state index contributed by atoms with van der Waals surface area (Å²) in [6, 6.07) is 3.23. The summed E-state index contributed by atoms with van der Waals surface area (Å²) < 4.78 is 4.54. The molecule has 15 heavy (non-hydrogen) atoms. The Morgan fingerprint density at radius 3 is 2.87 bits per heavy atom. The van der Waals surface area contributed by atoms with Gasteiger partial charge in [-0.05, 0) is 22.6 Å². The lowest BCUT2D eigenvalue weighted by Gasteiger charge is -1.98. The molecule has 76 valence electrons. The fraction of sp³-hybridized carbons (Fsp3) is 0.125. The van der Waals surface area contributed by atoms with Crippen LogP contribution in [0.25, 0.3) is 11.5 Å². The molecule has 0 fully saturated rings. The Kier molecular flexibility index (Phi) is 2.36. The minimum absolute atomic E-state index is 0.383. The van der Waals surface area contributed by atoms with Crippen molar-refractivity contribution in [3.8, 4) is 11.5 Å². The number of rotatable bonds is 2.